The number of pyridine rings is 1. The topological polar surface area (TPSA) is 54.2 Å². The summed E-state index contributed by atoms with van der Waals surface area (Å²) in [6.45, 7) is 5.47. The number of likely N-dealkylation sites (tertiary alicyclic amines) is 1. The number of aromatic nitrogens is 1. The largest absolute Gasteiger partial charge is 0.388 e. The molecule has 0 saturated carbocycles. The van der Waals surface area contributed by atoms with Crippen molar-refractivity contribution in [2.24, 2.45) is 5.73 Å². The zero-order valence-electron chi connectivity index (χ0n) is 10.7. The number of nitrogens with zero attached hydrogens (tertiary/aromatic N) is 2. The van der Waals surface area contributed by atoms with Gasteiger partial charge >= 0.3 is 0 Å². The number of anilines is 1. The van der Waals surface area contributed by atoms with Crippen LogP contribution in [0, 0.1) is 0 Å². The first-order chi connectivity index (χ1) is 8.70. The zero-order valence-corrected chi connectivity index (χ0v) is 11.5. The molecule has 1 aliphatic rings. The maximum absolute atomic E-state index is 5.58. The lowest BCUT2D eigenvalue weighted by Crippen LogP contribution is -2.34. The van der Waals surface area contributed by atoms with E-state index in [9.17, 15) is 0 Å². The first-order valence-electron chi connectivity index (χ1n) is 6.45. The Morgan fingerprint density at radius 1 is 1.61 bits per heavy atom. The number of nitrogens with one attached hydrogen (secondary N) is 1. The highest BCUT2D eigenvalue weighted by molar-refractivity contribution is 7.80. The van der Waals surface area contributed by atoms with Gasteiger partial charge in [-0.25, -0.2) is 4.98 Å². The van der Waals surface area contributed by atoms with Gasteiger partial charge in [-0.3, -0.25) is 4.90 Å². The van der Waals surface area contributed by atoms with Crippen molar-refractivity contribution in [1.82, 2.24) is 9.88 Å². The van der Waals surface area contributed by atoms with Crippen molar-refractivity contribution < 1.29 is 0 Å². The van der Waals surface area contributed by atoms with Crippen molar-refractivity contribution in [2.45, 2.75) is 25.8 Å². The second-order valence-corrected chi connectivity index (χ2v) is 5.02. The van der Waals surface area contributed by atoms with Gasteiger partial charge in [0.2, 0.25) is 0 Å². The van der Waals surface area contributed by atoms with Gasteiger partial charge in [-0.1, -0.05) is 25.2 Å². The molecule has 1 aliphatic heterocycles. The third kappa shape index (κ3) is 3.17. The van der Waals surface area contributed by atoms with E-state index in [4.69, 9.17) is 18.0 Å². The molecule has 2 rings (SSSR count). The molecular formula is C13H20N4S. The van der Waals surface area contributed by atoms with Crippen molar-refractivity contribution in [3.05, 3.63) is 23.9 Å². The van der Waals surface area contributed by atoms with E-state index in [1.807, 2.05) is 18.2 Å². The summed E-state index contributed by atoms with van der Waals surface area (Å²) >= 11 is 4.93. The number of hydrogen-bond acceptors (Lipinski definition) is 4. The molecule has 2 heterocycles. The van der Waals surface area contributed by atoms with E-state index in [1.165, 1.54) is 19.4 Å². The molecule has 0 aromatic carbocycles. The average molecular weight is 264 g/mol. The van der Waals surface area contributed by atoms with Crippen LogP contribution < -0.4 is 11.1 Å². The second-order valence-electron chi connectivity index (χ2n) is 4.58. The van der Waals surface area contributed by atoms with E-state index in [0.717, 1.165) is 18.9 Å². The van der Waals surface area contributed by atoms with Gasteiger partial charge in [0, 0.05) is 12.6 Å². The lowest BCUT2D eigenvalue weighted by molar-refractivity contribution is 0.277. The molecule has 0 aliphatic carbocycles. The van der Waals surface area contributed by atoms with Gasteiger partial charge in [-0.05, 0) is 38.1 Å². The molecule has 18 heavy (non-hydrogen) atoms. The van der Waals surface area contributed by atoms with Gasteiger partial charge in [0.25, 0.3) is 0 Å². The van der Waals surface area contributed by atoms with E-state index in [1.54, 1.807) is 0 Å². The Labute approximate surface area is 114 Å². The van der Waals surface area contributed by atoms with Gasteiger partial charge < -0.3 is 11.1 Å². The fourth-order valence-electron chi connectivity index (χ4n) is 2.44. The molecular weight excluding hydrogens is 244 g/mol. The Morgan fingerprint density at radius 2 is 2.44 bits per heavy atom. The van der Waals surface area contributed by atoms with E-state index < -0.39 is 0 Å². The number of thiocarbonyl (C=S) groups is 1. The SMILES string of the molecule is CCN1CCCC1CNc1cccc(C(N)=S)n1. The van der Waals surface area contributed by atoms with Gasteiger partial charge in [0.05, 0.1) is 5.69 Å². The summed E-state index contributed by atoms with van der Waals surface area (Å²) in [4.78, 5) is 7.23. The Hall–Kier alpha value is -1.20. The molecule has 3 N–H and O–H groups in total. The van der Waals surface area contributed by atoms with E-state index in [0.29, 0.717) is 16.7 Å². The molecule has 0 spiro atoms. The first-order valence-corrected chi connectivity index (χ1v) is 6.86. The summed E-state index contributed by atoms with van der Waals surface area (Å²) in [5.74, 6) is 0.850. The predicted molar refractivity (Wildman–Crippen MR) is 78.9 cm³/mol. The second kappa shape index (κ2) is 6.11. The summed E-state index contributed by atoms with van der Waals surface area (Å²) in [7, 11) is 0. The number of hydrogen-bond donors (Lipinski definition) is 2. The molecule has 4 nitrogen and oxygen atoms in total. The molecule has 1 aromatic rings. The summed E-state index contributed by atoms with van der Waals surface area (Å²) in [5.41, 5.74) is 6.25. The van der Waals surface area contributed by atoms with E-state index in [2.05, 4.69) is 22.1 Å². The van der Waals surface area contributed by atoms with Crippen LogP contribution in [0.2, 0.25) is 0 Å². The smallest absolute Gasteiger partial charge is 0.126 e. The van der Waals surface area contributed by atoms with Crippen LogP contribution in [0.4, 0.5) is 5.82 Å². The fourth-order valence-corrected chi connectivity index (χ4v) is 2.55. The van der Waals surface area contributed by atoms with Crippen LogP contribution in [-0.2, 0) is 0 Å². The summed E-state index contributed by atoms with van der Waals surface area (Å²) in [6, 6.07) is 6.33. The third-order valence-electron chi connectivity index (χ3n) is 3.43. The quantitative estimate of drug-likeness (QED) is 0.791. The molecule has 1 unspecified atom stereocenters. The van der Waals surface area contributed by atoms with Crippen molar-refractivity contribution in [3.63, 3.8) is 0 Å². The monoisotopic (exact) mass is 264 g/mol. The van der Waals surface area contributed by atoms with Gasteiger partial charge in [0.1, 0.15) is 10.8 Å². The van der Waals surface area contributed by atoms with E-state index >= 15 is 0 Å². The van der Waals surface area contributed by atoms with Crippen molar-refractivity contribution in [1.29, 1.82) is 0 Å². The lowest BCUT2D eigenvalue weighted by Gasteiger charge is -2.23. The van der Waals surface area contributed by atoms with Crippen LogP contribution in [0.25, 0.3) is 0 Å². The normalized spacial score (nSPS) is 19.9. The van der Waals surface area contributed by atoms with Gasteiger partial charge in [-0.2, -0.15) is 0 Å². The Balaban J connectivity index is 1.93. The molecule has 0 amide bonds. The minimum absolute atomic E-state index is 0.342. The molecule has 1 aromatic heterocycles. The van der Waals surface area contributed by atoms with Crippen LogP contribution >= 0.6 is 12.2 Å². The Bertz CT molecular complexity index is 421. The molecule has 98 valence electrons. The molecule has 5 heteroatoms. The lowest BCUT2D eigenvalue weighted by atomic mass is 10.2. The first kappa shape index (κ1) is 13.2. The van der Waals surface area contributed by atoms with Gasteiger partial charge in [0.15, 0.2) is 0 Å². The average Bonchev–Trinajstić information content (AvgIpc) is 2.84. The highest BCUT2D eigenvalue weighted by Gasteiger charge is 2.22. The number of likely N-dealkylation sites (N-methyl/N-ethyl adjacent to an activating group) is 1. The van der Waals surface area contributed by atoms with Gasteiger partial charge in [-0.15, -0.1) is 0 Å². The molecule has 1 saturated heterocycles. The molecule has 0 bridgehead atoms. The predicted octanol–water partition coefficient (Wildman–Crippen LogP) is 1.61. The summed E-state index contributed by atoms with van der Waals surface area (Å²) < 4.78 is 0. The van der Waals surface area contributed by atoms with Crippen LogP contribution in [-0.4, -0.2) is 40.5 Å². The fraction of sp³-hybridized carbons (Fsp3) is 0.538. The number of rotatable bonds is 5. The maximum Gasteiger partial charge on any atom is 0.126 e. The van der Waals surface area contributed by atoms with E-state index in [-0.39, 0.29) is 0 Å². The van der Waals surface area contributed by atoms with Crippen molar-refractivity contribution >= 4 is 23.0 Å². The molecule has 1 atom stereocenters. The molecule has 1 fully saturated rings. The third-order valence-corrected chi connectivity index (χ3v) is 3.63. The van der Waals surface area contributed by atoms with Crippen LogP contribution in [0.15, 0.2) is 18.2 Å². The number of nitrogens with two attached hydrogens (primary N) is 1. The van der Waals surface area contributed by atoms with Crippen LogP contribution in [0.3, 0.4) is 0 Å². The Morgan fingerprint density at radius 3 is 3.17 bits per heavy atom. The summed E-state index contributed by atoms with van der Waals surface area (Å²) in [5, 5.41) is 3.38. The minimum atomic E-state index is 0.342. The zero-order chi connectivity index (χ0) is 13.0. The Kier molecular flexibility index (Phi) is 4.49. The van der Waals surface area contributed by atoms with Crippen molar-refractivity contribution in [3.8, 4) is 0 Å². The van der Waals surface area contributed by atoms with Crippen LogP contribution in [0.5, 0.6) is 0 Å². The highest BCUT2D eigenvalue weighted by Crippen LogP contribution is 2.17. The minimum Gasteiger partial charge on any atom is -0.388 e. The highest BCUT2D eigenvalue weighted by atomic mass is 32.1. The van der Waals surface area contributed by atoms with Crippen LogP contribution in [0.1, 0.15) is 25.5 Å². The molecule has 0 radical (unpaired) electrons. The standard InChI is InChI=1S/C13H20N4S/c1-2-17-8-4-5-10(17)9-15-12-7-3-6-11(16-12)13(14)18/h3,6-7,10H,2,4-5,8-9H2,1H3,(H2,14,18)(H,15,16). The maximum atomic E-state index is 5.58. The summed E-state index contributed by atoms with van der Waals surface area (Å²) in [6.07, 6.45) is 2.55. The van der Waals surface area contributed by atoms with Crippen molar-refractivity contribution in [2.75, 3.05) is 25.0 Å².